The Kier molecular flexibility index (Phi) is 188000. The fourth-order valence-electron chi connectivity index (χ4n) is 0. The summed E-state index contributed by atoms with van der Waals surface area (Å²) in [6, 6.07) is 0. The lowest BCUT2D eigenvalue weighted by Gasteiger charge is -0.270. The molecule has 0 N–H and O–H groups in total. The SMILES string of the molecule is B.F.F.F.F. The normalized spacial score (nSPS) is 0. The zero-order valence-electron chi connectivity index (χ0n) is 1.63. The largest absolute Gasteiger partial charge is 0.269 e. The van der Waals surface area contributed by atoms with Crippen molar-refractivity contribution < 1.29 is 18.8 Å². The molecule has 0 nitrogen and oxygen atoms in total. The van der Waals surface area contributed by atoms with Gasteiger partial charge in [-0.3, -0.25) is 18.8 Å². The van der Waals surface area contributed by atoms with E-state index in [1.165, 1.54) is 0 Å². The van der Waals surface area contributed by atoms with Crippen LogP contribution in [0.25, 0.3) is 0 Å². The maximum atomic E-state index is 0. The molecule has 0 rings (SSSR count). The summed E-state index contributed by atoms with van der Waals surface area (Å²) in [5, 5.41) is 0. The Bertz CT molecular complexity index is 3.61. The van der Waals surface area contributed by atoms with Crippen LogP contribution >= 0.6 is 0 Å². The molecule has 0 aliphatic rings. The molecule has 5 heavy (non-hydrogen) atoms. The monoisotopic (exact) mass is 94.1 g/mol. The Hall–Kier alpha value is -0.215. The molecule has 0 amide bonds. The molecule has 0 atom stereocenters. The second kappa shape index (κ2) is 635. The van der Waals surface area contributed by atoms with Gasteiger partial charge in [0, 0.05) is 0 Å². The summed E-state index contributed by atoms with van der Waals surface area (Å²) >= 11 is 0. The van der Waals surface area contributed by atoms with Crippen LogP contribution in [0.4, 0.5) is 18.8 Å². The quantitative estimate of drug-likeness (QED) is 0.278. The van der Waals surface area contributed by atoms with Crippen molar-refractivity contribution in [3.63, 3.8) is 0 Å². The van der Waals surface area contributed by atoms with Crippen LogP contribution in [0.5, 0.6) is 0 Å². The molecule has 0 radical (unpaired) electrons. The highest BCUT2D eigenvalue weighted by Crippen LogP contribution is 0.423. The Balaban J connectivity index is 0. The molecule has 0 fully saturated rings. The molecular weight excluding hydrogens is 86.8 g/mol. The molecule has 5 heteroatoms. The predicted octanol–water partition coefficient (Wildman–Crippen LogP) is -0.574. The van der Waals surface area contributed by atoms with Gasteiger partial charge in [0.1, 0.15) is 0 Å². The van der Waals surface area contributed by atoms with E-state index >= 15 is 0 Å². The van der Waals surface area contributed by atoms with Gasteiger partial charge in [-0.15, -0.1) is 0 Å². The summed E-state index contributed by atoms with van der Waals surface area (Å²) in [6.45, 7) is 0. The van der Waals surface area contributed by atoms with Crippen LogP contribution in [-0.2, 0) is 0 Å². The van der Waals surface area contributed by atoms with E-state index in [0.29, 0.717) is 0 Å². The zero-order chi connectivity index (χ0) is 0. The van der Waals surface area contributed by atoms with Crippen LogP contribution in [0, 0.1) is 0 Å². The van der Waals surface area contributed by atoms with Gasteiger partial charge in [-0.2, -0.15) is 0 Å². The first-order valence-electron chi connectivity index (χ1n) is 0. The Morgan fingerprint density at radius 3 is 0.400 bits per heavy atom. The van der Waals surface area contributed by atoms with E-state index in [-0.39, 0.29) is 27.2 Å². The van der Waals surface area contributed by atoms with Crippen molar-refractivity contribution >= 4 is 8.41 Å². The summed E-state index contributed by atoms with van der Waals surface area (Å²) in [5.74, 6) is 0. The smallest absolute Gasteiger partial charge is 0.0814 e. The first-order chi connectivity index (χ1) is 0. The fourth-order valence-corrected chi connectivity index (χ4v) is 0. The minimum absolute atomic E-state index is 0. The Morgan fingerprint density at radius 2 is 0.400 bits per heavy atom. The van der Waals surface area contributed by atoms with Gasteiger partial charge in [-0.25, -0.2) is 0 Å². The predicted molar refractivity (Wildman–Crippen MR) is 20.0 cm³/mol. The van der Waals surface area contributed by atoms with Gasteiger partial charge in [0.2, 0.25) is 0 Å². The van der Waals surface area contributed by atoms with Crippen LogP contribution < -0.4 is 0 Å². The van der Waals surface area contributed by atoms with Crippen molar-refractivity contribution in [1.29, 1.82) is 0 Å². The molecule has 0 aromatic carbocycles. The summed E-state index contributed by atoms with van der Waals surface area (Å²) in [4.78, 5) is 0. The summed E-state index contributed by atoms with van der Waals surface area (Å²) < 4.78 is 0. The molecule has 0 aromatic heterocycles. The van der Waals surface area contributed by atoms with E-state index in [2.05, 4.69) is 0 Å². The van der Waals surface area contributed by atoms with Crippen molar-refractivity contribution in [3.8, 4) is 0 Å². The van der Waals surface area contributed by atoms with Gasteiger partial charge in [0.25, 0.3) is 0 Å². The molecule has 0 spiro atoms. The first kappa shape index (κ1) is 1480. The van der Waals surface area contributed by atoms with Crippen molar-refractivity contribution in [1.82, 2.24) is 0 Å². The van der Waals surface area contributed by atoms with Crippen molar-refractivity contribution in [2.24, 2.45) is 0 Å². The van der Waals surface area contributed by atoms with Crippen LogP contribution in [0.3, 0.4) is 0 Å². The van der Waals surface area contributed by atoms with E-state index in [9.17, 15) is 0 Å². The molecule has 0 aromatic rings. The van der Waals surface area contributed by atoms with Crippen LogP contribution in [0.1, 0.15) is 0 Å². The first-order valence-corrected chi connectivity index (χ1v) is 0. The van der Waals surface area contributed by atoms with Gasteiger partial charge in [-0.05, 0) is 0 Å². The lowest BCUT2D eigenvalue weighted by molar-refractivity contribution is 1.11. The van der Waals surface area contributed by atoms with Crippen molar-refractivity contribution in [2.75, 3.05) is 0 Å². The minimum atomic E-state index is 0. The third kappa shape index (κ3) is 261. The molecule has 0 aliphatic carbocycles. The average molecular weight is 93.9 g/mol. The van der Waals surface area contributed by atoms with Crippen LogP contribution in [-0.4, -0.2) is 8.41 Å². The van der Waals surface area contributed by atoms with Gasteiger partial charge < -0.3 is 0 Å². The number of hydrogen-bond acceptors (Lipinski definition) is 0. The molecule has 0 saturated heterocycles. The topological polar surface area (TPSA) is 0 Å². The average Bonchev–Trinajstić information content (AvgIpc) is 0. The van der Waals surface area contributed by atoms with Gasteiger partial charge in [-0.1, -0.05) is 0 Å². The van der Waals surface area contributed by atoms with E-state index in [0.717, 1.165) is 0 Å². The number of halogens is 4. The third-order valence-electron chi connectivity index (χ3n) is 0. The number of rotatable bonds is 0. The summed E-state index contributed by atoms with van der Waals surface area (Å²) in [7, 11) is 0. The van der Waals surface area contributed by atoms with E-state index in [1.807, 2.05) is 0 Å². The molecule has 0 aliphatic heterocycles. The van der Waals surface area contributed by atoms with Gasteiger partial charge >= 0.3 is 0 Å². The lowest BCUT2D eigenvalue weighted by atomic mass is 10.8. The van der Waals surface area contributed by atoms with Gasteiger partial charge in [0.05, 0.1) is 8.41 Å². The second-order valence-corrected chi connectivity index (χ2v) is 0. The second-order valence-electron chi connectivity index (χ2n) is 0. The third-order valence-corrected chi connectivity index (χ3v) is 0. The standard InChI is InChI=1S/BH3.4FH/h1H3;4*1H. The molecule has 0 heterocycles. The van der Waals surface area contributed by atoms with Crippen molar-refractivity contribution in [2.45, 2.75) is 0 Å². The maximum Gasteiger partial charge on any atom is 0.0814 e. The van der Waals surface area contributed by atoms with Crippen LogP contribution in [0.2, 0.25) is 0 Å². The van der Waals surface area contributed by atoms with E-state index in [1.54, 1.807) is 0 Å². The molecule has 0 bridgehead atoms. The van der Waals surface area contributed by atoms with Gasteiger partial charge in [0.15, 0.2) is 0 Å². The van der Waals surface area contributed by atoms with E-state index < -0.39 is 0 Å². The van der Waals surface area contributed by atoms with E-state index in [4.69, 9.17) is 0 Å². The molecule has 0 saturated carbocycles. The summed E-state index contributed by atoms with van der Waals surface area (Å²) in [6.07, 6.45) is 0. The number of hydrogen-bond donors (Lipinski definition) is 0. The highest BCUT2D eigenvalue weighted by molar-refractivity contribution is 5.75. The zero-order valence-corrected chi connectivity index (χ0v) is 1.63. The fraction of sp³-hybridized carbons (Fsp3) is 0. The molecular formula is H7BF4. The van der Waals surface area contributed by atoms with Crippen LogP contribution in [0.15, 0.2) is 0 Å². The highest BCUT2D eigenvalue weighted by atomic mass is 19.0. The molecule has 38 valence electrons. The minimum Gasteiger partial charge on any atom is -0.269 e. The Morgan fingerprint density at radius 1 is 0.400 bits per heavy atom. The highest BCUT2D eigenvalue weighted by Gasteiger charge is 0.0814. The summed E-state index contributed by atoms with van der Waals surface area (Å²) in [5.41, 5.74) is 0. The van der Waals surface area contributed by atoms with Crippen molar-refractivity contribution in [3.05, 3.63) is 0 Å². The molecule has 0 unspecified atom stereocenters. The Labute approximate surface area is 28.6 Å². The lowest BCUT2D eigenvalue weighted by Crippen LogP contribution is -0.381. The maximum absolute atomic E-state index is 0.